The molecule has 0 atom stereocenters. The minimum absolute atomic E-state index is 0.555. The molecule has 0 aliphatic heterocycles. The molecule has 0 rings (SSSR count). The first-order chi connectivity index (χ1) is 7.81. The van der Waals surface area contributed by atoms with E-state index in [2.05, 4.69) is 45.2 Å². The molecule has 0 bridgehead atoms. The molecule has 0 aromatic heterocycles. The van der Waals surface area contributed by atoms with Crippen LogP contribution < -0.4 is 0 Å². The van der Waals surface area contributed by atoms with Crippen molar-refractivity contribution in [3.05, 3.63) is 0 Å². The molecule has 0 N–H and O–H groups in total. The SMILES string of the molecule is O=[P+](OCCCCCI)OCCCCCI. The van der Waals surface area contributed by atoms with Gasteiger partial charge in [0, 0.05) is 4.57 Å². The summed E-state index contributed by atoms with van der Waals surface area (Å²) in [5.74, 6) is 0. The maximum absolute atomic E-state index is 11.2. The van der Waals surface area contributed by atoms with E-state index < -0.39 is 8.25 Å². The van der Waals surface area contributed by atoms with Crippen LogP contribution in [0, 0.1) is 0 Å². The van der Waals surface area contributed by atoms with Crippen LogP contribution in [0.1, 0.15) is 38.5 Å². The Balaban J connectivity index is 3.12. The van der Waals surface area contributed by atoms with Gasteiger partial charge in [-0.25, -0.2) is 0 Å². The molecular weight excluding hydrogens is 453 g/mol. The fourth-order valence-electron chi connectivity index (χ4n) is 1.06. The normalized spacial score (nSPS) is 10.6. The second kappa shape index (κ2) is 14.5. The fraction of sp³-hybridized carbons (Fsp3) is 1.00. The van der Waals surface area contributed by atoms with E-state index in [1.807, 2.05) is 0 Å². The highest BCUT2D eigenvalue weighted by Gasteiger charge is 2.18. The smallest absolute Gasteiger partial charge is 0.119 e. The third-order valence-electron chi connectivity index (χ3n) is 1.95. The molecule has 0 radical (unpaired) electrons. The molecule has 0 saturated heterocycles. The zero-order chi connectivity index (χ0) is 12.1. The van der Waals surface area contributed by atoms with Crippen LogP contribution in [0.25, 0.3) is 0 Å². The molecule has 16 heavy (non-hydrogen) atoms. The van der Waals surface area contributed by atoms with Gasteiger partial charge in [-0.3, -0.25) is 0 Å². The average molecular weight is 473 g/mol. The summed E-state index contributed by atoms with van der Waals surface area (Å²) in [5, 5.41) is 0. The largest absolute Gasteiger partial charge is 0.697 e. The summed E-state index contributed by atoms with van der Waals surface area (Å²) in [7, 11) is -1.88. The number of hydrogen-bond acceptors (Lipinski definition) is 3. The van der Waals surface area contributed by atoms with Crippen molar-refractivity contribution in [2.24, 2.45) is 0 Å². The van der Waals surface area contributed by atoms with Crippen LogP contribution in [0.4, 0.5) is 0 Å². The number of rotatable bonds is 12. The highest BCUT2D eigenvalue weighted by molar-refractivity contribution is 14.1. The van der Waals surface area contributed by atoms with Gasteiger partial charge in [0.2, 0.25) is 0 Å². The number of halogens is 2. The summed E-state index contributed by atoms with van der Waals surface area (Å²) in [6, 6.07) is 0. The van der Waals surface area contributed by atoms with Crippen molar-refractivity contribution in [2.75, 3.05) is 22.1 Å². The lowest BCUT2D eigenvalue weighted by molar-refractivity contribution is 0.219. The van der Waals surface area contributed by atoms with Gasteiger partial charge in [-0.15, -0.1) is 9.05 Å². The Morgan fingerprint density at radius 2 is 1.19 bits per heavy atom. The molecule has 0 aliphatic carbocycles. The summed E-state index contributed by atoms with van der Waals surface area (Å²) >= 11 is 4.72. The Morgan fingerprint density at radius 3 is 1.56 bits per heavy atom. The van der Waals surface area contributed by atoms with E-state index in [9.17, 15) is 4.57 Å². The van der Waals surface area contributed by atoms with Gasteiger partial charge in [0.25, 0.3) is 0 Å². The molecule has 6 heteroatoms. The van der Waals surface area contributed by atoms with Crippen LogP contribution >= 0.6 is 53.4 Å². The van der Waals surface area contributed by atoms with Gasteiger partial charge in [0.15, 0.2) is 0 Å². The Hall–Kier alpha value is 1.48. The van der Waals surface area contributed by atoms with E-state index in [0.29, 0.717) is 13.2 Å². The molecule has 0 fully saturated rings. The molecule has 0 aromatic rings. The van der Waals surface area contributed by atoms with Crippen molar-refractivity contribution in [2.45, 2.75) is 38.5 Å². The standard InChI is InChI=1S/C10H20I2O3P/c11-7-3-1-5-9-14-16(13)15-10-6-2-4-8-12/h1-10H2/q+1. The molecule has 0 aliphatic rings. The molecule has 0 aromatic carbocycles. The van der Waals surface area contributed by atoms with E-state index in [0.717, 1.165) is 25.7 Å². The first kappa shape index (κ1) is 17.5. The third-order valence-corrected chi connectivity index (χ3v) is 4.26. The molecule has 96 valence electrons. The lowest BCUT2D eigenvalue weighted by Gasteiger charge is -1.94. The fourth-order valence-corrected chi connectivity index (χ4v) is 2.77. The minimum atomic E-state index is -1.88. The number of hydrogen-bond donors (Lipinski definition) is 0. The van der Waals surface area contributed by atoms with Crippen LogP contribution in [0.2, 0.25) is 0 Å². The highest BCUT2D eigenvalue weighted by Crippen LogP contribution is 2.24. The van der Waals surface area contributed by atoms with Crippen LogP contribution in [0.15, 0.2) is 0 Å². The highest BCUT2D eigenvalue weighted by atomic mass is 127. The average Bonchev–Trinajstić information content (AvgIpc) is 2.28. The minimum Gasteiger partial charge on any atom is -0.119 e. The predicted octanol–water partition coefficient (Wildman–Crippen LogP) is 4.89. The third kappa shape index (κ3) is 13.5. The lowest BCUT2D eigenvalue weighted by atomic mass is 10.3. The Bertz CT molecular complexity index is 154. The van der Waals surface area contributed by atoms with E-state index in [4.69, 9.17) is 9.05 Å². The Labute approximate surface area is 127 Å². The monoisotopic (exact) mass is 473 g/mol. The van der Waals surface area contributed by atoms with Gasteiger partial charge in [-0.2, -0.15) is 0 Å². The maximum Gasteiger partial charge on any atom is 0.697 e. The Kier molecular flexibility index (Phi) is 15.9. The van der Waals surface area contributed by atoms with E-state index >= 15 is 0 Å². The summed E-state index contributed by atoms with van der Waals surface area (Å²) in [6.07, 6.45) is 6.64. The predicted molar refractivity (Wildman–Crippen MR) is 85.0 cm³/mol. The maximum atomic E-state index is 11.2. The van der Waals surface area contributed by atoms with Gasteiger partial charge in [0.1, 0.15) is 13.2 Å². The Morgan fingerprint density at radius 1 is 0.750 bits per heavy atom. The first-order valence-electron chi connectivity index (χ1n) is 5.66. The van der Waals surface area contributed by atoms with Gasteiger partial charge in [-0.05, 0) is 34.5 Å². The number of alkyl halides is 2. The van der Waals surface area contributed by atoms with Crippen molar-refractivity contribution >= 4 is 53.4 Å². The zero-order valence-electron chi connectivity index (χ0n) is 9.50. The van der Waals surface area contributed by atoms with E-state index in [-0.39, 0.29) is 0 Å². The van der Waals surface area contributed by atoms with E-state index in [1.54, 1.807) is 0 Å². The van der Waals surface area contributed by atoms with Crippen LogP contribution in [0.3, 0.4) is 0 Å². The van der Waals surface area contributed by atoms with Gasteiger partial charge >= 0.3 is 8.25 Å². The van der Waals surface area contributed by atoms with Gasteiger partial charge in [-0.1, -0.05) is 58.0 Å². The van der Waals surface area contributed by atoms with Crippen molar-refractivity contribution in [3.8, 4) is 0 Å². The summed E-state index contributed by atoms with van der Waals surface area (Å²) in [5.41, 5.74) is 0. The van der Waals surface area contributed by atoms with Gasteiger partial charge in [0.05, 0.1) is 0 Å². The van der Waals surface area contributed by atoms with E-state index in [1.165, 1.54) is 21.7 Å². The van der Waals surface area contributed by atoms with Crippen molar-refractivity contribution in [1.82, 2.24) is 0 Å². The quantitative estimate of drug-likeness (QED) is 0.175. The van der Waals surface area contributed by atoms with Crippen molar-refractivity contribution < 1.29 is 13.6 Å². The van der Waals surface area contributed by atoms with Crippen LogP contribution in [-0.4, -0.2) is 22.1 Å². The number of unbranched alkanes of at least 4 members (excludes halogenated alkanes) is 4. The second-order valence-electron chi connectivity index (χ2n) is 3.39. The molecule has 3 nitrogen and oxygen atoms in total. The summed E-state index contributed by atoms with van der Waals surface area (Å²) < 4.78 is 23.7. The molecule has 0 saturated carbocycles. The van der Waals surface area contributed by atoms with Crippen molar-refractivity contribution in [1.29, 1.82) is 0 Å². The molecule has 0 spiro atoms. The van der Waals surface area contributed by atoms with Crippen LogP contribution in [-0.2, 0) is 13.6 Å². The topological polar surface area (TPSA) is 35.5 Å². The molecule has 0 heterocycles. The zero-order valence-corrected chi connectivity index (χ0v) is 14.7. The summed E-state index contributed by atoms with van der Waals surface area (Å²) in [6.45, 7) is 1.11. The summed E-state index contributed by atoms with van der Waals surface area (Å²) in [4.78, 5) is 0. The lowest BCUT2D eigenvalue weighted by Crippen LogP contribution is -1.92. The van der Waals surface area contributed by atoms with Crippen molar-refractivity contribution in [3.63, 3.8) is 0 Å². The molecule has 0 unspecified atom stereocenters. The molecular formula is C10H20I2O3P+. The first-order valence-corrected chi connectivity index (χ1v) is 9.81. The van der Waals surface area contributed by atoms with Gasteiger partial charge < -0.3 is 0 Å². The second-order valence-corrected chi connectivity index (χ2v) is 6.51. The molecule has 0 amide bonds. The van der Waals surface area contributed by atoms with Crippen LogP contribution in [0.5, 0.6) is 0 Å².